The van der Waals surface area contributed by atoms with E-state index in [-0.39, 0.29) is 11.7 Å². The molecule has 0 saturated heterocycles. The third kappa shape index (κ3) is 4.50. The molecule has 0 unspecified atom stereocenters. The van der Waals surface area contributed by atoms with Crippen LogP contribution in [0.5, 0.6) is 0 Å². The number of amides is 1. The first-order valence-corrected chi connectivity index (χ1v) is 10.7. The molecule has 2 aromatic heterocycles. The van der Waals surface area contributed by atoms with Gasteiger partial charge in [0.1, 0.15) is 5.82 Å². The third-order valence-electron chi connectivity index (χ3n) is 5.54. The molecule has 0 atom stereocenters. The van der Waals surface area contributed by atoms with Gasteiger partial charge in [-0.3, -0.25) is 9.78 Å². The topological polar surface area (TPSA) is 49.0 Å². The average Bonchev–Trinajstić information content (AvgIpc) is 3.13. The minimum Gasteiger partial charge on any atom is -0.353 e. The van der Waals surface area contributed by atoms with Crippen LogP contribution in [-0.4, -0.2) is 22.4 Å². The molecule has 5 heteroatoms. The van der Waals surface area contributed by atoms with Crippen LogP contribution in [0.25, 0.3) is 22.3 Å². The van der Waals surface area contributed by atoms with Crippen molar-refractivity contribution in [2.45, 2.75) is 33.1 Å². The van der Waals surface area contributed by atoms with Crippen LogP contribution in [0.3, 0.4) is 0 Å². The van der Waals surface area contributed by atoms with Crippen molar-refractivity contribution in [2.75, 3.05) is 11.4 Å². The molecule has 0 radical (unpaired) electrons. The van der Waals surface area contributed by atoms with Gasteiger partial charge in [0.15, 0.2) is 0 Å². The smallest absolute Gasteiger partial charge is 0.226 e. The lowest BCUT2D eigenvalue weighted by Gasteiger charge is -2.21. The molecular formula is C26H26FN3O. The highest BCUT2D eigenvalue weighted by atomic mass is 19.1. The molecule has 0 aliphatic rings. The second-order valence-electron chi connectivity index (χ2n) is 7.71. The van der Waals surface area contributed by atoms with Crippen molar-refractivity contribution >= 4 is 22.5 Å². The molecule has 4 rings (SSSR count). The Bertz CT molecular complexity index is 1200. The van der Waals surface area contributed by atoms with E-state index in [1.54, 1.807) is 18.3 Å². The van der Waals surface area contributed by atoms with Gasteiger partial charge < -0.3 is 9.88 Å². The fraction of sp³-hybridized carbons (Fsp3) is 0.231. The summed E-state index contributed by atoms with van der Waals surface area (Å²) in [5.41, 5.74) is 5.63. The number of benzene rings is 2. The molecular weight excluding hydrogens is 389 g/mol. The summed E-state index contributed by atoms with van der Waals surface area (Å²) in [6.07, 6.45) is 3.50. The van der Waals surface area contributed by atoms with Gasteiger partial charge in [-0.15, -0.1) is 0 Å². The Morgan fingerprint density at radius 2 is 1.97 bits per heavy atom. The number of hydrogen-bond donors (Lipinski definition) is 1. The molecule has 2 aromatic carbocycles. The fourth-order valence-electron chi connectivity index (χ4n) is 4.06. The Morgan fingerprint density at radius 3 is 2.71 bits per heavy atom. The van der Waals surface area contributed by atoms with E-state index in [0.29, 0.717) is 25.8 Å². The number of fused-ring (bicyclic) bond motifs is 1. The van der Waals surface area contributed by atoms with Crippen molar-refractivity contribution in [3.8, 4) is 11.4 Å². The van der Waals surface area contributed by atoms with E-state index in [1.807, 2.05) is 61.2 Å². The number of rotatable bonds is 7. The number of aryl methyl sites for hydroxylation is 2. The predicted molar refractivity (Wildman–Crippen MR) is 124 cm³/mol. The van der Waals surface area contributed by atoms with E-state index >= 15 is 0 Å². The number of halogens is 1. The molecule has 0 aliphatic heterocycles. The number of nitrogens with one attached hydrogen (secondary N) is 1. The molecule has 0 bridgehead atoms. The van der Waals surface area contributed by atoms with Crippen LogP contribution in [0.4, 0.5) is 10.1 Å². The summed E-state index contributed by atoms with van der Waals surface area (Å²) in [5, 5.41) is 0.846. The summed E-state index contributed by atoms with van der Waals surface area (Å²) in [6.45, 7) is 4.64. The molecule has 1 amide bonds. The molecule has 4 nitrogen and oxygen atoms in total. The van der Waals surface area contributed by atoms with E-state index in [0.717, 1.165) is 39.1 Å². The Hall–Kier alpha value is -3.47. The van der Waals surface area contributed by atoms with Gasteiger partial charge in [0.2, 0.25) is 5.91 Å². The fourth-order valence-corrected chi connectivity index (χ4v) is 4.06. The van der Waals surface area contributed by atoms with Gasteiger partial charge in [-0.2, -0.15) is 0 Å². The Morgan fingerprint density at radius 1 is 1.10 bits per heavy atom. The third-order valence-corrected chi connectivity index (χ3v) is 5.54. The zero-order chi connectivity index (χ0) is 21.8. The van der Waals surface area contributed by atoms with Gasteiger partial charge in [0.05, 0.1) is 11.4 Å². The molecule has 31 heavy (non-hydrogen) atoms. The molecule has 4 aromatic rings. The molecule has 0 spiro atoms. The SMILES string of the molecule is CCN(C(=O)CCCc1c(-c2ccccn2)[nH]c2ccc(F)cc12)c1cccc(C)c1. The summed E-state index contributed by atoms with van der Waals surface area (Å²) in [7, 11) is 0. The van der Waals surface area contributed by atoms with Gasteiger partial charge in [0.25, 0.3) is 0 Å². The summed E-state index contributed by atoms with van der Waals surface area (Å²) in [4.78, 5) is 22.6. The molecule has 1 N–H and O–H groups in total. The zero-order valence-electron chi connectivity index (χ0n) is 17.9. The minimum atomic E-state index is -0.270. The molecule has 2 heterocycles. The lowest BCUT2D eigenvalue weighted by Crippen LogP contribution is -2.30. The number of aromatic nitrogens is 2. The highest BCUT2D eigenvalue weighted by Gasteiger charge is 2.17. The first-order valence-electron chi connectivity index (χ1n) is 10.7. The number of anilines is 1. The lowest BCUT2D eigenvalue weighted by atomic mass is 10.0. The minimum absolute atomic E-state index is 0.0958. The number of hydrogen-bond acceptors (Lipinski definition) is 2. The van der Waals surface area contributed by atoms with Crippen LogP contribution in [0, 0.1) is 12.7 Å². The quantitative estimate of drug-likeness (QED) is 0.399. The average molecular weight is 416 g/mol. The van der Waals surface area contributed by atoms with Crippen LogP contribution < -0.4 is 4.90 Å². The first kappa shape index (κ1) is 20.8. The predicted octanol–water partition coefficient (Wildman–Crippen LogP) is 6.05. The summed E-state index contributed by atoms with van der Waals surface area (Å²) in [6, 6.07) is 18.5. The van der Waals surface area contributed by atoms with E-state index in [1.165, 1.54) is 6.07 Å². The number of pyridine rings is 1. The van der Waals surface area contributed by atoms with Crippen molar-refractivity contribution in [1.82, 2.24) is 9.97 Å². The van der Waals surface area contributed by atoms with E-state index < -0.39 is 0 Å². The highest BCUT2D eigenvalue weighted by Crippen LogP contribution is 2.31. The maximum atomic E-state index is 14.0. The van der Waals surface area contributed by atoms with Gasteiger partial charge in [0, 0.05) is 35.8 Å². The number of H-pyrrole nitrogens is 1. The monoisotopic (exact) mass is 415 g/mol. The van der Waals surface area contributed by atoms with Crippen LogP contribution in [-0.2, 0) is 11.2 Å². The van der Waals surface area contributed by atoms with Crippen molar-refractivity contribution in [1.29, 1.82) is 0 Å². The molecule has 0 saturated carbocycles. The normalized spacial score (nSPS) is 11.1. The number of nitrogens with zero attached hydrogens (tertiary/aromatic N) is 2. The molecule has 158 valence electrons. The van der Waals surface area contributed by atoms with Gasteiger partial charge >= 0.3 is 0 Å². The van der Waals surface area contributed by atoms with Gasteiger partial charge in [-0.1, -0.05) is 18.2 Å². The molecule has 0 aliphatic carbocycles. The number of carbonyl (C=O) groups excluding carboxylic acids is 1. The maximum absolute atomic E-state index is 14.0. The van der Waals surface area contributed by atoms with Crippen molar-refractivity contribution in [3.63, 3.8) is 0 Å². The van der Waals surface area contributed by atoms with E-state index in [4.69, 9.17) is 0 Å². The summed E-state index contributed by atoms with van der Waals surface area (Å²) in [5.74, 6) is -0.175. The van der Waals surface area contributed by atoms with Crippen molar-refractivity contribution < 1.29 is 9.18 Å². The van der Waals surface area contributed by atoms with Gasteiger partial charge in [-0.05, 0) is 80.3 Å². The second kappa shape index (κ2) is 9.13. The van der Waals surface area contributed by atoms with E-state index in [2.05, 4.69) is 9.97 Å². The lowest BCUT2D eigenvalue weighted by molar-refractivity contribution is -0.118. The van der Waals surface area contributed by atoms with Gasteiger partial charge in [-0.25, -0.2) is 4.39 Å². The standard InChI is InChI=1S/C26H26FN3O/c1-3-30(20-9-6-8-18(2)16-20)25(31)12-7-10-21-22-17-19(27)13-14-23(22)29-26(21)24-11-4-5-15-28-24/h4-6,8-9,11,13-17,29H,3,7,10,12H2,1-2H3. The van der Waals surface area contributed by atoms with Crippen LogP contribution >= 0.6 is 0 Å². The van der Waals surface area contributed by atoms with Crippen LogP contribution in [0.15, 0.2) is 66.9 Å². The zero-order valence-corrected chi connectivity index (χ0v) is 17.9. The number of aromatic amines is 1. The Kier molecular flexibility index (Phi) is 6.12. The summed E-state index contributed by atoms with van der Waals surface area (Å²) >= 11 is 0. The summed E-state index contributed by atoms with van der Waals surface area (Å²) < 4.78 is 14.0. The Balaban J connectivity index is 1.56. The number of carbonyl (C=O) groups is 1. The van der Waals surface area contributed by atoms with Crippen LogP contribution in [0.2, 0.25) is 0 Å². The second-order valence-corrected chi connectivity index (χ2v) is 7.71. The first-order chi connectivity index (χ1) is 15.1. The van der Waals surface area contributed by atoms with Crippen molar-refractivity contribution in [3.05, 3.63) is 83.8 Å². The van der Waals surface area contributed by atoms with E-state index in [9.17, 15) is 9.18 Å². The van der Waals surface area contributed by atoms with Crippen LogP contribution in [0.1, 0.15) is 30.9 Å². The van der Waals surface area contributed by atoms with Crippen molar-refractivity contribution in [2.24, 2.45) is 0 Å². The molecule has 0 fully saturated rings. The highest BCUT2D eigenvalue weighted by molar-refractivity contribution is 5.93. The largest absolute Gasteiger partial charge is 0.353 e. The maximum Gasteiger partial charge on any atom is 0.226 e. The Labute approximate surface area is 181 Å².